The summed E-state index contributed by atoms with van der Waals surface area (Å²) < 4.78 is 5.70. The zero-order chi connectivity index (χ0) is 22.4. The number of hydrogen-bond acceptors (Lipinski definition) is 4. The van der Waals surface area contributed by atoms with Crippen LogP contribution in [0.25, 0.3) is 0 Å². The van der Waals surface area contributed by atoms with Gasteiger partial charge in [-0.15, -0.1) is 0 Å². The Labute approximate surface area is 186 Å². The Balaban J connectivity index is 1.68. The number of ketones is 1. The van der Waals surface area contributed by atoms with Crippen molar-refractivity contribution in [2.45, 2.75) is 19.4 Å². The first kappa shape index (κ1) is 22.1. The summed E-state index contributed by atoms with van der Waals surface area (Å²) in [4.78, 5) is 25.2. The third-order valence-corrected chi connectivity index (χ3v) is 5.00. The van der Waals surface area contributed by atoms with Crippen molar-refractivity contribution in [2.24, 2.45) is 0 Å². The molecule has 0 aromatic heterocycles. The molecule has 1 N–H and O–H groups in total. The Bertz CT molecular complexity index is 1140. The van der Waals surface area contributed by atoms with E-state index in [1.807, 2.05) is 19.1 Å². The Kier molecular flexibility index (Phi) is 6.74. The molecule has 1 unspecified atom stereocenters. The maximum absolute atomic E-state index is 12.7. The van der Waals surface area contributed by atoms with Gasteiger partial charge in [0.05, 0.1) is 11.1 Å². The fraction of sp³-hybridized carbons (Fsp3) is 0.160. The summed E-state index contributed by atoms with van der Waals surface area (Å²) in [6, 6.07) is 22.6. The second-order valence-corrected chi connectivity index (χ2v) is 7.80. The van der Waals surface area contributed by atoms with Crippen LogP contribution in [-0.2, 0) is 0 Å². The van der Waals surface area contributed by atoms with Crippen LogP contribution in [0.4, 0.5) is 0 Å². The van der Waals surface area contributed by atoms with Gasteiger partial charge in [-0.2, -0.15) is 5.26 Å². The van der Waals surface area contributed by atoms with Crippen LogP contribution in [0.5, 0.6) is 5.75 Å². The quantitative estimate of drug-likeness (QED) is 0.534. The highest BCUT2D eigenvalue weighted by atomic mass is 35.5. The molecule has 0 aliphatic heterocycles. The van der Waals surface area contributed by atoms with Crippen LogP contribution in [-0.4, -0.2) is 23.8 Å². The summed E-state index contributed by atoms with van der Waals surface area (Å²) in [5, 5.41) is 12.7. The summed E-state index contributed by atoms with van der Waals surface area (Å²) >= 11 is 6.13. The molecule has 3 aromatic carbocycles. The molecule has 3 aromatic rings. The molecule has 0 saturated carbocycles. The number of carbonyl (C=O) groups is 2. The van der Waals surface area contributed by atoms with E-state index in [4.69, 9.17) is 16.3 Å². The van der Waals surface area contributed by atoms with E-state index in [2.05, 4.69) is 11.4 Å². The number of ether oxygens (including phenoxy) is 1. The number of nitrogens with one attached hydrogen (secondary N) is 1. The normalized spacial score (nSPS) is 12.3. The van der Waals surface area contributed by atoms with Gasteiger partial charge in [0, 0.05) is 16.7 Å². The van der Waals surface area contributed by atoms with Crippen molar-refractivity contribution in [3.63, 3.8) is 0 Å². The van der Waals surface area contributed by atoms with E-state index in [1.165, 1.54) is 0 Å². The van der Waals surface area contributed by atoms with Gasteiger partial charge in [-0.25, -0.2) is 0 Å². The van der Waals surface area contributed by atoms with Gasteiger partial charge < -0.3 is 10.1 Å². The van der Waals surface area contributed by atoms with Gasteiger partial charge in [0.2, 0.25) is 0 Å². The zero-order valence-corrected chi connectivity index (χ0v) is 17.9. The number of carbonyl (C=O) groups excluding carboxylic acids is 2. The molecule has 31 heavy (non-hydrogen) atoms. The van der Waals surface area contributed by atoms with Crippen LogP contribution in [0.1, 0.15) is 38.8 Å². The minimum atomic E-state index is -1.28. The number of hydrogen-bond donors (Lipinski definition) is 1. The highest BCUT2D eigenvalue weighted by Crippen LogP contribution is 2.26. The minimum absolute atomic E-state index is 0.0804. The first-order valence-electron chi connectivity index (χ1n) is 9.64. The van der Waals surface area contributed by atoms with E-state index < -0.39 is 11.4 Å². The first-order chi connectivity index (χ1) is 14.8. The standard InChI is InChI=1S/C25H21ClN2O3/c1-17-8-13-21(26)22(14-17)31-16-25(2,15-27)28-24(30)20-11-9-19(10-12-20)23(29)18-6-4-3-5-7-18/h3-14H,16H2,1-2H3,(H,28,30). The van der Waals surface area contributed by atoms with Gasteiger partial charge in [-0.05, 0) is 43.7 Å². The third-order valence-electron chi connectivity index (χ3n) is 4.68. The lowest BCUT2D eigenvalue weighted by molar-refractivity contribution is 0.0900. The maximum atomic E-state index is 12.7. The first-order valence-corrected chi connectivity index (χ1v) is 10.0. The molecule has 3 rings (SSSR count). The number of nitrogens with zero attached hydrogens (tertiary/aromatic N) is 1. The Morgan fingerprint density at radius 2 is 1.61 bits per heavy atom. The lowest BCUT2D eigenvalue weighted by Gasteiger charge is -2.24. The number of amides is 1. The highest BCUT2D eigenvalue weighted by molar-refractivity contribution is 6.32. The summed E-state index contributed by atoms with van der Waals surface area (Å²) in [5.41, 5.74) is 1.07. The van der Waals surface area contributed by atoms with Crippen LogP contribution in [0.2, 0.25) is 5.02 Å². The number of nitriles is 1. The third kappa shape index (κ3) is 5.50. The molecule has 0 fully saturated rings. The van der Waals surface area contributed by atoms with Gasteiger partial charge >= 0.3 is 0 Å². The van der Waals surface area contributed by atoms with E-state index >= 15 is 0 Å². The second kappa shape index (κ2) is 9.46. The predicted octanol–water partition coefficient (Wildman–Crippen LogP) is 4.97. The van der Waals surface area contributed by atoms with Gasteiger partial charge in [-0.1, -0.05) is 60.1 Å². The molecule has 0 radical (unpaired) electrons. The van der Waals surface area contributed by atoms with E-state index in [-0.39, 0.29) is 12.4 Å². The zero-order valence-electron chi connectivity index (χ0n) is 17.2. The van der Waals surface area contributed by atoms with Crippen LogP contribution in [0.15, 0.2) is 72.8 Å². The van der Waals surface area contributed by atoms with Crippen molar-refractivity contribution >= 4 is 23.3 Å². The van der Waals surface area contributed by atoms with Crippen molar-refractivity contribution in [2.75, 3.05) is 6.61 Å². The lowest BCUT2D eigenvalue weighted by atomic mass is 10.0. The maximum Gasteiger partial charge on any atom is 0.252 e. The number of benzene rings is 3. The molecule has 5 nitrogen and oxygen atoms in total. The Morgan fingerprint density at radius 1 is 1.00 bits per heavy atom. The predicted molar refractivity (Wildman–Crippen MR) is 119 cm³/mol. The molecular formula is C25H21ClN2O3. The lowest BCUT2D eigenvalue weighted by Crippen LogP contribution is -2.49. The molecule has 156 valence electrons. The largest absolute Gasteiger partial charge is 0.488 e. The number of aryl methyl sites for hydroxylation is 1. The molecule has 0 saturated heterocycles. The Hall–Kier alpha value is -3.62. The second-order valence-electron chi connectivity index (χ2n) is 7.39. The average molecular weight is 433 g/mol. The highest BCUT2D eigenvalue weighted by Gasteiger charge is 2.28. The SMILES string of the molecule is Cc1ccc(Cl)c(OCC(C)(C#N)NC(=O)c2ccc(C(=O)c3ccccc3)cc2)c1. The molecule has 6 heteroatoms. The van der Waals surface area contributed by atoms with Crippen LogP contribution >= 0.6 is 11.6 Å². The fourth-order valence-electron chi connectivity index (χ4n) is 2.89. The van der Waals surface area contributed by atoms with Crippen LogP contribution < -0.4 is 10.1 Å². The summed E-state index contributed by atoms with van der Waals surface area (Å²) in [5.74, 6) is -0.124. The van der Waals surface area contributed by atoms with E-state index in [0.29, 0.717) is 27.5 Å². The van der Waals surface area contributed by atoms with Crippen molar-refractivity contribution < 1.29 is 14.3 Å². The van der Waals surface area contributed by atoms with Crippen molar-refractivity contribution in [3.05, 3.63) is 100 Å². The number of halogens is 1. The van der Waals surface area contributed by atoms with Gasteiger partial charge in [-0.3, -0.25) is 9.59 Å². The molecular weight excluding hydrogens is 412 g/mol. The van der Waals surface area contributed by atoms with Gasteiger partial charge in [0.1, 0.15) is 12.4 Å². The molecule has 1 atom stereocenters. The van der Waals surface area contributed by atoms with Crippen molar-refractivity contribution in [1.29, 1.82) is 5.26 Å². The van der Waals surface area contributed by atoms with Gasteiger partial charge in [0.15, 0.2) is 11.3 Å². The van der Waals surface area contributed by atoms with Gasteiger partial charge in [0.25, 0.3) is 5.91 Å². The van der Waals surface area contributed by atoms with Crippen molar-refractivity contribution in [3.8, 4) is 11.8 Å². The molecule has 0 heterocycles. The molecule has 0 bridgehead atoms. The monoisotopic (exact) mass is 432 g/mol. The molecule has 1 amide bonds. The smallest absolute Gasteiger partial charge is 0.252 e. The molecule has 0 aliphatic rings. The van der Waals surface area contributed by atoms with E-state index in [1.54, 1.807) is 67.6 Å². The van der Waals surface area contributed by atoms with Crippen LogP contribution in [0.3, 0.4) is 0 Å². The summed E-state index contributed by atoms with van der Waals surface area (Å²) in [6.07, 6.45) is 0. The summed E-state index contributed by atoms with van der Waals surface area (Å²) in [6.45, 7) is 3.39. The van der Waals surface area contributed by atoms with Crippen LogP contribution in [0, 0.1) is 18.3 Å². The average Bonchev–Trinajstić information content (AvgIpc) is 2.80. The summed E-state index contributed by atoms with van der Waals surface area (Å²) in [7, 11) is 0. The molecule has 0 aliphatic carbocycles. The van der Waals surface area contributed by atoms with E-state index in [0.717, 1.165) is 5.56 Å². The minimum Gasteiger partial charge on any atom is -0.488 e. The fourth-order valence-corrected chi connectivity index (χ4v) is 3.06. The molecule has 0 spiro atoms. The topological polar surface area (TPSA) is 79.2 Å². The van der Waals surface area contributed by atoms with E-state index in [9.17, 15) is 14.9 Å². The Morgan fingerprint density at radius 3 is 2.26 bits per heavy atom. The number of rotatable bonds is 7. The van der Waals surface area contributed by atoms with Crippen molar-refractivity contribution in [1.82, 2.24) is 5.32 Å².